The third-order valence-corrected chi connectivity index (χ3v) is 8.13. The number of fused-ring (bicyclic) bond motifs is 3. The van der Waals surface area contributed by atoms with E-state index in [0.29, 0.717) is 35.7 Å². The fourth-order valence-corrected chi connectivity index (χ4v) is 6.30. The summed E-state index contributed by atoms with van der Waals surface area (Å²) in [6.45, 7) is 5.13. The number of hydrogen-bond acceptors (Lipinski definition) is 6. The number of nitrogens with zero attached hydrogens (tertiary/aromatic N) is 2. The lowest BCUT2D eigenvalue weighted by Crippen LogP contribution is -2.32. The number of ketones is 1. The first-order valence-electron chi connectivity index (χ1n) is 11.4. The van der Waals surface area contributed by atoms with Gasteiger partial charge in [0.2, 0.25) is 0 Å². The topological polar surface area (TPSA) is 61.2 Å². The molecule has 0 atom stereocenters. The first-order chi connectivity index (χ1) is 16.4. The predicted octanol–water partition coefficient (Wildman–Crippen LogP) is 5.53. The van der Waals surface area contributed by atoms with Crippen molar-refractivity contribution in [3.8, 4) is 0 Å². The maximum absolute atomic E-state index is 13.8. The van der Waals surface area contributed by atoms with Gasteiger partial charge < -0.3 is 4.74 Å². The summed E-state index contributed by atoms with van der Waals surface area (Å²) in [5.41, 5.74) is 2.57. The largest absolute Gasteiger partial charge is 0.370 e. The second-order valence-electron chi connectivity index (χ2n) is 9.07. The molecule has 0 fully saturated rings. The van der Waals surface area contributed by atoms with Crippen LogP contribution in [-0.4, -0.2) is 26.7 Å². The van der Waals surface area contributed by atoms with Crippen LogP contribution in [0.4, 0.5) is 0 Å². The highest BCUT2D eigenvalue weighted by Gasteiger charge is 2.31. The van der Waals surface area contributed by atoms with Gasteiger partial charge in [-0.1, -0.05) is 72.4 Å². The summed E-state index contributed by atoms with van der Waals surface area (Å²) in [6.07, 6.45) is 1.41. The summed E-state index contributed by atoms with van der Waals surface area (Å²) in [6, 6.07) is 19.4. The molecular formula is C27H26N2O3S2. The third-order valence-electron chi connectivity index (χ3n) is 6.05. The summed E-state index contributed by atoms with van der Waals surface area (Å²) in [5, 5.41) is 1.31. The van der Waals surface area contributed by atoms with Crippen molar-refractivity contribution < 1.29 is 9.53 Å². The van der Waals surface area contributed by atoms with Gasteiger partial charge in [0, 0.05) is 23.4 Å². The van der Waals surface area contributed by atoms with Gasteiger partial charge in [0.15, 0.2) is 10.9 Å². The standard InChI is InChI=1S/C27H26N2O3S2/c1-27(2)15-20-22(16-32-27)34-24-23(20)25(31)29(14-13-18-9-5-3-6-10-18)26(28-24)33-17-21(30)19-11-7-4-8-12-19/h3-12H,13-17H2,1-2H3. The molecule has 3 heterocycles. The molecule has 2 aromatic carbocycles. The van der Waals surface area contributed by atoms with Crippen molar-refractivity contribution in [3.05, 3.63) is 92.6 Å². The summed E-state index contributed by atoms with van der Waals surface area (Å²) >= 11 is 2.87. The SMILES string of the molecule is CC1(C)Cc2c(sc3nc(SCC(=O)c4ccccc4)n(CCc4ccccc4)c(=O)c23)CO1. The van der Waals surface area contributed by atoms with Gasteiger partial charge in [0.05, 0.1) is 23.3 Å². The zero-order valence-corrected chi connectivity index (χ0v) is 20.9. The zero-order chi connectivity index (χ0) is 23.7. The molecule has 0 saturated heterocycles. The Morgan fingerprint density at radius 1 is 1.12 bits per heavy atom. The van der Waals surface area contributed by atoms with E-state index in [1.807, 2.05) is 48.5 Å². The van der Waals surface area contributed by atoms with E-state index in [2.05, 4.69) is 26.0 Å². The zero-order valence-electron chi connectivity index (χ0n) is 19.2. The first-order valence-corrected chi connectivity index (χ1v) is 13.2. The third kappa shape index (κ3) is 4.73. The van der Waals surface area contributed by atoms with E-state index in [-0.39, 0.29) is 22.7 Å². The quantitative estimate of drug-likeness (QED) is 0.194. The van der Waals surface area contributed by atoms with Crippen LogP contribution in [0.1, 0.15) is 40.2 Å². The smallest absolute Gasteiger partial charge is 0.263 e. The monoisotopic (exact) mass is 490 g/mol. The van der Waals surface area contributed by atoms with Gasteiger partial charge >= 0.3 is 0 Å². The number of thiophene rings is 1. The van der Waals surface area contributed by atoms with Crippen LogP contribution in [-0.2, 0) is 30.7 Å². The van der Waals surface area contributed by atoms with Crippen LogP contribution >= 0.6 is 23.1 Å². The van der Waals surface area contributed by atoms with Gasteiger partial charge in [-0.05, 0) is 31.4 Å². The molecule has 5 rings (SSSR count). The molecule has 1 aliphatic heterocycles. The minimum absolute atomic E-state index is 0.0224. The molecule has 0 N–H and O–H groups in total. The molecule has 5 nitrogen and oxygen atoms in total. The number of aryl methyl sites for hydroxylation is 1. The van der Waals surface area contributed by atoms with Crippen LogP contribution in [0.2, 0.25) is 0 Å². The van der Waals surface area contributed by atoms with Crippen LogP contribution in [0, 0.1) is 0 Å². The average molecular weight is 491 g/mol. The normalized spacial score (nSPS) is 14.8. The van der Waals surface area contributed by atoms with Gasteiger partial charge in [-0.2, -0.15) is 0 Å². The lowest BCUT2D eigenvalue weighted by Gasteiger charge is -2.29. The fraction of sp³-hybridized carbons (Fsp3) is 0.296. The number of carbonyl (C=O) groups is 1. The van der Waals surface area contributed by atoms with Crippen molar-refractivity contribution in [1.82, 2.24) is 9.55 Å². The summed E-state index contributed by atoms with van der Waals surface area (Å²) in [4.78, 5) is 33.3. The number of aromatic nitrogens is 2. The average Bonchev–Trinajstić information content (AvgIpc) is 3.20. The van der Waals surface area contributed by atoms with E-state index in [1.54, 1.807) is 4.57 Å². The predicted molar refractivity (Wildman–Crippen MR) is 138 cm³/mol. The van der Waals surface area contributed by atoms with Crippen LogP contribution in [0.25, 0.3) is 10.2 Å². The minimum Gasteiger partial charge on any atom is -0.370 e. The van der Waals surface area contributed by atoms with E-state index in [0.717, 1.165) is 27.3 Å². The molecule has 0 unspecified atom stereocenters. The van der Waals surface area contributed by atoms with Crippen LogP contribution in [0.15, 0.2) is 70.6 Å². The number of thioether (sulfide) groups is 1. The number of Topliss-reactive ketones (excluding diaryl/α,β-unsaturated/α-hetero) is 1. The summed E-state index contributed by atoms with van der Waals surface area (Å²) in [7, 11) is 0. The Hall–Kier alpha value is -2.74. The molecular weight excluding hydrogens is 464 g/mol. The second kappa shape index (κ2) is 9.49. The second-order valence-corrected chi connectivity index (χ2v) is 11.1. The molecule has 0 saturated carbocycles. The van der Waals surface area contributed by atoms with Crippen LogP contribution < -0.4 is 5.56 Å². The number of carbonyl (C=O) groups excluding carboxylic acids is 1. The lowest BCUT2D eigenvalue weighted by atomic mass is 9.94. The van der Waals surface area contributed by atoms with Crippen molar-refractivity contribution in [2.24, 2.45) is 0 Å². The van der Waals surface area contributed by atoms with Crippen molar-refractivity contribution in [2.45, 2.75) is 50.6 Å². The Morgan fingerprint density at radius 3 is 2.56 bits per heavy atom. The van der Waals surface area contributed by atoms with Gasteiger partial charge in [-0.15, -0.1) is 11.3 Å². The maximum Gasteiger partial charge on any atom is 0.263 e. The minimum atomic E-state index is -0.308. The molecule has 0 aliphatic carbocycles. The first kappa shape index (κ1) is 23.0. The molecule has 1 aliphatic rings. The van der Waals surface area contributed by atoms with Crippen LogP contribution in [0.3, 0.4) is 0 Å². The van der Waals surface area contributed by atoms with Gasteiger partial charge in [0.25, 0.3) is 5.56 Å². The van der Waals surface area contributed by atoms with E-state index in [1.165, 1.54) is 23.1 Å². The lowest BCUT2D eigenvalue weighted by molar-refractivity contribution is -0.0379. The molecule has 7 heteroatoms. The highest BCUT2D eigenvalue weighted by Crippen LogP contribution is 2.37. The Labute approximate surface area is 206 Å². The maximum atomic E-state index is 13.8. The van der Waals surface area contributed by atoms with E-state index < -0.39 is 0 Å². The fourth-order valence-electron chi connectivity index (χ4n) is 4.24. The molecule has 174 valence electrons. The number of benzene rings is 2. The molecule has 0 spiro atoms. The van der Waals surface area contributed by atoms with Crippen molar-refractivity contribution in [1.29, 1.82) is 0 Å². The van der Waals surface area contributed by atoms with Gasteiger partial charge in [0.1, 0.15) is 4.83 Å². The Balaban J connectivity index is 1.52. The van der Waals surface area contributed by atoms with Crippen molar-refractivity contribution >= 4 is 39.1 Å². The number of ether oxygens (including phenoxy) is 1. The summed E-state index contributed by atoms with van der Waals surface area (Å²) < 4.78 is 7.74. The van der Waals surface area contributed by atoms with Crippen molar-refractivity contribution in [3.63, 3.8) is 0 Å². The van der Waals surface area contributed by atoms with E-state index in [9.17, 15) is 9.59 Å². The molecule has 4 aromatic rings. The molecule has 34 heavy (non-hydrogen) atoms. The van der Waals surface area contributed by atoms with Crippen molar-refractivity contribution in [2.75, 3.05) is 5.75 Å². The molecule has 2 aromatic heterocycles. The molecule has 0 bridgehead atoms. The van der Waals surface area contributed by atoms with Crippen LogP contribution in [0.5, 0.6) is 0 Å². The Bertz CT molecular complexity index is 1390. The van der Waals surface area contributed by atoms with E-state index in [4.69, 9.17) is 9.72 Å². The molecule has 0 radical (unpaired) electrons. The summed E-state index contributed by atoms with van der Waals surface area (Å²) in [5.74, 6) is 0.254. The molecule has 0 amide bonds. The highest BCUT2D eigenvalue weighted by atomic mass is 32.2. The Morgan fingerprint density at radius 2 is 1.82 bits per heavy atom. The van der Waals surface area contributed by atoms with E-state index >= 15 is 0 Å². The highest BCUT2D eigenvalue weighted by molar-refractivity contribution is 7.99. The number of rotatable bonds is 7. The number of hydrogen-bond donors (Lipinski definition) is 0. The van der Waals surface area contributed by atoms with Gasteiger partial charge in [-0.3, -0.25) is 14.2 Å². The van der Waals surface area contributed by atoms with Gasteiger partial charge in [-0.25, -0.2) is 4.98 Å². The Kier molecular flexibility index (Phi) is 6.42.